The third-order valence-electron chi connectivity index (χ3n) is 1.82. The SMILES string of the molecule is O=C(O)O.[BiH2][c]1cccc2ccccc12. The Morgan fingerprint density at radius 1 is 1.00 bits per heavy atom. The predicted octanol–water partition coefficient (Wildman–Crippen LogP) is 1.32. The number of hydrogen-bond donors (Lipinski definition) is 2. The van der Waals surface area contributed by atoms with Crippen LogP contribution in [0.15, 0.2) is 42.5 Å². The molecule has 0 aliphatic heterocycles. The van der Waals surface area contributed by atoms with E-state index in [9.17, 15) is 0 Å². The number of hydrogen-bond acceptors (Lipinski definition) is 1. The van der Waals surface area contributed by atoms with E-state index in [1.54, 1.807) is 0 Å². The van der Waals surface area contributed by atoms with E-state index < -0.39 is 6.16 Å². The van der Waals surface area contributed by atoms with Gasteiger partial charge in [-0.2, -0.15) is 0 Å². The second kappa shape index (κ2) is 5.67. The molecule has 4 heteroatoms. The third-order valence-corrected chi connectivity index (χ3v) is 3.78. The average Bonchev–Trinajstić information content (AvgIpc) is 2.18. The molecule has 2 aromatic rings. The van der Waals surface area contributed by atoms with Crippen molar-refractivity contribution in [2.75, 3.05) is 0 Å². The van der Waals surface area contributed by atoms with Gasteiger partial charge in [0.2, 0.25) is 0 Å². The van der Waals surface area contributed by atoms with Crippen molar-refractivity contribution < 1.29 is 15.0 Å². The minimum atomic E-state index is -1.83. The molecule has 78 valence electrons. The summed E-state index contributed by atoms with van der Waals surface area (Å²) in [5.41, 5.74) is 0. The molecule has 0 atom stereocenters. The molecule has 0 saturated heterocycles. The van der Waals surface area contributed by atoms with Crippen molar-refractivity contribution in [3.8, 4) is 0 Å². The molecule has 0 heterocycles. The maximum absolute atomic E-state index is 8.56. The quantitative estimate of drug-likeness (QED) is 0.657. The second-order valence-electron chi connectivity index (χ2n) is 2.85. The molecule has 0 aliphatic carbocycles. The van der Waals surface area contributed by atoms with Crippen LogP contribution >= 0.6 is 0 Å². The van der Waals surface area contributed by atoms with Gasteiger partial charge in [0, 0.05) is 0 Å². The van der Waals surface area contributed by atoms with E-state index >= 15 is 0 Å². The summed E-state index contributed by atoms with van der Waals surface area (Å²) >= 11 is 0.936. The Hall–Kier alpha value is -1.15. The summed E-state index contributed by atoms with van der Waals surface area (Å²) in [5, 5.41) is 16.7. The van der Waals surface area contributed by atoms with Gasteiger partial charge in [-0.3, -0.25) is 0 Å². The molecule has 0 bridgehead atoms. The Morgan fingerprint density at radius 3 is 2.13 bits per heavy atom. The summed E-state index contributed by atoms with van der Waals surface area (Å²) < 4.78 is 1.52. The first-order chi connectivity index (χ1) is 7.11. The predicted molar refractivity (Wildman–Crippen MR) is 62.8 cm³/mol. The molecule has 15 heavy (non-hydrogen) atoms. The second-order valence-corrected chi connectivity index (χ2v) is 5.27. The molecule has 0 aromatic heterocycles. The average molecular weight is 400 g/mol. The molecule has 2 N–H and O–H groups in total. The molecule has 0 radical (unpaired) electrons. The zero-order valence-corrected chi connectivity index (χ0v) is 12.4. The van der Waals surface area contributed by atoms with Crippen LogP contribution in [0.1, 0.15) is 0 Å². The first kappa shape index (κ1) is 11.9. The number of benzene rings is 2. The van der Waals surface area contributed by atoms with Crippen molar-refractivity contribution in [2.45, 2.75) is 0 Å². The van der Waals surface area contributed by atoms with Crippen LogP contribution in [0, 0.1) is 0 Å². The van der Waals surface area contributed by atoms with Gasteiger partial charge in [0.15, 0.2) is 0 Å². The number of fused-ring (bicyclic) bond motifs is 1. The minimum absolute atomic E-state index is 0.936. The Morgan fingerprint density at radius 2 is 1.53 bits per heavy atom. The normalized spacial score (nSPS) is 9.13. The van der Waals surface area contributed by atoms with E-state index in [0.29, 0.717) is 0 Å². The van der Waals surface area contributed by atoms with Crippen LogP contribution in [0.5, 0.6) is 0 Å². The van der Waals surface area contributed by atoms with Gasteiger partial charge in [-0.25, -0.2) is 4.79 Å². The summed E-state index contributed by atoms with van der Waals surface area (Å²) in [6.45, 7) is 0. The zero-order chi connectivity index (χ0) is 11.3. The van der Waals surface area contributed by atoms with Gasteiger partial charge in [0.1, 0.15) is 0 Å². The van der Waals surface area contributed by atoms with Gasteiger partial charge < -0.3 is 10.2 Å². The Kier molecular flexibility index (Phi) is 4.50. The molecule has 2 aromatic carbocycles. The molecule has 2 rings (SSSR count). The molecule has 3 nitrogen and oxygen atoms in total. The summed E-state index contributed by atoms with van der Waals surface area (Å²) in [7, 11) is 0. The van der Waals surface area contributed by atoms with Crippen molar-refractivity contribution >= 4 is 44.9 Å². The van der Waals surface area contributed by atoms with Crippen molar-refractivity contribution in [3.63, 3.8) is 0 Å². The molecule has 0 fully saturated rings. The van der Waals surface area contributed by atoms with Crippen molar-refractivity contribution in [1.29, 1.82) is 0 Å². The molecular formula is C11H11BiO3. The van der Waals surface area contributed by atoms with E-state index in [-0.39, 0.29) is 0 Å². The van der Waals surface area contributed by atoms with Crippen LogP contribution in [0.25, 0.3) is 10.8 Å². The molecule has 0 saturated carbocycles. The fraction of sp³-hybridized carbons (Fsp3) is 0. The Balaban J connectivity index is 0.000000245. The van der Waals surface area contributed by atoms with Crippen LogP contribution in [0.2, 0.25) is 0 Å². The fourth-order valence-corrected chi connectivity index (χ4v) is 2.70. The van der Waals surface area contributed by atoms with Crippen LogP contribution in [-0.4, -0.2) is 41.1 Å². The first-order valence-corrected chi connectivity index (χ1v) is 6.51. The van der Waals surface area contributed by atoms with E-state index in [2.05, 4.69) is 42.5 Å². The van der Waals surface area contributed by atoms with Crippen LogP contribution in [0.3, 0.4) is 0 Å². The van der Waals surface area contributed by atoms with Crippen LogP contribution < -0.4 is 3.27 Å². The number of carboxylic acid groups (broad SMARTS) is 2. The van der Waals surface area contributed by atoms with Gasteiger partial charge in [0.05, 0.1) is 0 Å². The van der Waals surface area contributed by atoms with Gasteiger partial charge >= 0.3 is 87.4 Å². The first-order valence-electron chi connectivity index (χ1n) is 4.26. The molecule has 0 aliphatic rings. The van der Waals surface area contributed by atoms with Gasteiger partial charge in [-0.05, 0) is 0 Å². The van der Waals surface area contributed by atoms with E-state index in [4.69, 9.17) is 15.0 Å². The topological polar surface area (TPSA) is 57.5 Å². The van der Waals surface area contributed by atoms with E-state index in [1.165, 1.54) is 14.0 Å². The Labute approximate surface area is 102 Å². The van der Waals surface area contributed by atoms with Gasteiger partial charge in [-0.1, -0.05) is 0 Å². The van der Waals surface area contributed by atoms with E-state index in [0.717, 1.165) is 24.7 Å². The summed E-state index contributed by atoms with van der Waals surface area (Å²) in [4.78, 5) is 8.56. The van der Waals surface area contributed by atoms with Crippen molar-refractivity contribution in [2.24, 2.45) is 0 Å². The number of carbonyl (C=O) groups is 1. The van der Waals surface area contributed by atoms with Gasteiger partial charge in [0.25, 0.3) is 0 Å². The summed E-state index contributed by atoms with van der Waals surface area (Å²) in [5.74, 6) is 0. The Bertz CT molecular complexity index is 459. The van der Waals surface area contributed by atoms with Crippen molar-refractivity contribution in [3.05, 3.63) is 42.5 Å². The summed E-state index contributed by atoms with van der Waals surface area (Å²) in [6.07, 6.45) is -1.83. The molecule has 0 spiro atoms. The fourth-order valence-electron chi connectivity index (χ4n) is 1.25. The monoisotopic (exact) mass is 400 g/mol. The standard InChI is InChI=1S/C10H7.CH2O3.Bi.2H/c1-2-6-10-8-4-3-7-9(10)5-1;2-1(3)4;;;/h1-7H;(H2,2,3,4);;;. The zero-order valence-electron chi connectivity index (χ0n) is 7.92. The summed E-state index contributed by atoms with van der Waals surface area (Å²) in [6, 6.07) is 15.1. The van der Waals surface area contributed by atoms with Crippen molar-refractivity contribution in [1.82, 2.24) is 0 Å². The van der Waals surface area contributed by atoms with Crippen LogP contribution in [-0.2, 0) is 0 Å². The molecule has 0 unspecified atom stereocenters. The molecule has 0 amide bonds. The maximum atomic E-state index is 8.56. The van der Waals surface area contributed by atoms with Gasteiger partial charge in [-0.15, -0.1) is 0 Å². The van der Waals surface area contributed by atoms with E-state index in [1.807, 2.05) is 0 Å². The number of rotatable bonds is 0. The molecular weight excluding hydrogens is 389 g/mol. The van der Waals surface area contributed by atoms with Crippen LogP contribution in [0.4, 0.5) is 4.79 Å². The third kappa shape index (κ3) is 3.84.